The summed E-state index contributed by atoms with van der Waals surface area (Å²) in [5.74, 6) is 2.40. The van der Waals surface area contributed by atoms with Gasteiger partial charge in [0, 0.05) is 6.42 Å². The van der Waals surface area contributed by atoms with Gasteiger partial charge in [-0.15, -0.1) is 0 Å². The molecule has 0 fully saturated rings. The van der Waals surface area contributed by atoms with E-state index in [4.69, 9.17) is 24.1 Å². The van der Waals surface area contributed by atoms with E-state index in [2.05, 4.69) is 34.6 Å². The lowest BCUT2D eigenvalue weighted by molar-refractivity contribution is -0.148. The Balaban J connectivity index is 1.10. The van der Waals surface area contributed by atoms with Crippen LogP contribution in [-0.4, -0.2) is 58.3 Å². The number of carbonyl (C=O) groups is 2. The Kier molecular flexibility index (Phi) is 25.4. The fourth-order valence-electron chi connectivity index (χ4n) is 8.76. The Morgan fingerprint density at radius 3 is 1.87 bits per heavy atom. The molecule has 0 saturated carbocycles. The van der Waals surface area contributed by atoms with Crippen molar-refractivity contribution in [2.24, 2.45) is 17.8 Å². The van der Waals surface area contributed by atoms with E-state index in [1.807, 2.05) is 18.2 Å². The van der Waals surface area contributed by atoms with Crippen molar-refractivity contribution in [2.75, 3.05) is 13.2 Å². The SMILES string of the molecule is CC(C)CCC[C@@H](C)CCC[C@@H](C)CCC[C@]1(C)CCc2cc(OC(=O)CCCCCCCCCCCCCCCCCCOC3=C(O)[C@@H](C(O)CO)OC3=O)ccc2O1. The summed E-state index contributed by atoms with van der Waals surface area (Å²) >= 11 is 0. The van der Waals surface area contributed by atoms with Crippen LogP contribution in [0.4, 0.5) is 0 Å². The highest BCUT2D eigenvalue weighted by atomic mass is 16.6. The lowest BCUT2D eigenvalue weighted by Crippen LogP contribution is -2.36. The molecule has 3 rings (SSSR count). The number of hydrogen-bond acceptors (Lipinski definition) is 9. The fraction of sp³-hybridized carbons (Fsp3) is 0.804. The summed E-state index contributed by atoms with van der Waals surface area (Å²) in [4.78, 5) is 24.4. The number of cyclic esters (lactones) is 1. The summed E-state index contributed by atoms with van der Waals surface area (Å²) in [5, 5.41) is 28.6. The summed E-state index contributed by atoms with van der Waals surface area (Å²) in [6, 6.07) is 5.91. The molecule has 0 bridgehead atoms. The quantitative estimate of drug-likeness (QED) is 0.0347. The highest BCUT2D eigenvalue weighted by molar-refractivity contribution is 5.89. The number of hydrogen-bond donors (Lipinski definition) is 3. The minimum Gasteiger partial charge on any atom is -0.505 e. The number of rotatable bonds is 35. The number of aryl methyl sites for hydroxylation is 1. The number of ether oxygens (including phenoxy) is 4. The highest BCUT2D eigenvalue weighted by Gasteiger charge is 2.40. The van der Waals surface area contributed by atoms with Gasteiger partial charge in [0.25, 0.3) is 0 Å². The van der Waals surface area contributed by atoms with Crippen LogP contribution in [0.15, 0.2) is 29.7 Å². The molecule has 2 aliphatic rings. The molecule has 0 spiro atoms. The van der Waals surface area contributed by atoms with E-state index in [-0.39, 0.29) is 17.3 Å². The molecule has 0 aromatic heterocycles. The van der Waals surface area contributed by atoms with E-state index in [1.165, 1.54) is 122 Å². The van der Waals surface area contributed by atoms with Crippen LogP contribution < -0.4 is 9.47 Å². The van der Waals surface area contributed by atoms with E-state index in [1.54, 1.807) is 0 Å². The van der Waals surface area contributed by atoms with Gasteiger partial charge in [-0.1, -0.05) is 163 Å². The Bertz CT molecular complexity index is 1370. The lowest BCUT2D eigenvalue weighted by Gasteiger charge is -2.36. The second-order valence-electron chi connectivity index (χ2n) is 19.2. The van der Waals surface area contributed by atoms with Crippen LogP contribution in [-0.2, 0) is 25.5 Å². The van der Waals surface area contributed by atoms with Crippen LogP contribution in [0, 0.1) is 17.8 Å². The smallest absolute Gasteiger partial charge is 0.378 e. The van der Waals surface area contributed by atoms with Crippen molar-refractivity contribution >= 4 is 11.9 Å². The zero-order valence-corrected chi connectivity index (χ0v) is 38.6. The van der Waals surface area contributed by atoms with Crippen LogP contribution in [0.25, 0.3) is 0 Å². The van der Waals surface area contributed by atoms with E-state index >= 15 is 0 Å². The molecule has 344 valence electrons. The lowest BCUT2D eigenvalue weighted by atomic mass is 9.86. The largest absolute Gasteiger partial charge is 0.505 e. The Labute approximate surface area is 364 Å². The molecule has 0 radical (unpaired) electrons. The summed E-state index contributed by atoms with van der Waals surface area (Å²) in [6.45, 7) is 11.5. The first kappa shape index (κ1) is 51.6. The van der Waals surface area contributed by atoms with Gasteiger partial charge in [-0.2, -0.15) is 0 Å². The van der Waals surface area contributed by atoms with Crippen LogP contribution in [0.3, 0.4) is 0 Å². The minimum absolute atomic E-state index is 0.122. The van der Waals surface area contributed by atoms with Gasteiger partial charge in [0.1, 0.15) is 23.2 Å². The van der Waals surface area contributed by atoms with Crippen molar-refractivity contribution in [1.82, 2.24) is 0 Å². The monoisotopic (exact) mass is 843 g/mol. The molecule has 2 aliphatic heterocycles. The maximum Gasteiger partial charge on any atom is 0.378 e. The van der Waals surface area contributed by atoms with Gasteiger partial charge in [0.2, 0.25) is 5.76 Å². The number of carbonyl (C=O) groups excluding carboxylic acids is 2. The van der Waals surface area contributed by atoms with Crippen molar-refractivity contribution in [3.05, 3.63) is 35.3 Å². The van der Waals surface area contributed by atoms with Crippen molar-refractivity contribution in [3.63, 3.8) is 0 Å². The summed E-state index contributed by atoms with van der Waals surface area (Å²) in [5.41, 5.74) is 1.03. The maximum atomic E-state index is 12.6. The molecule has 1 aromatic carbocycles. The number of aliphatic hydroxyl groups excluding tert-OH is 3. The number of esters is 2. The first-order chi connectivity index (χ1) is 28.9. The molecule has 60 heavy (non-hydrogen) atoms. The van der Waals surface area contributed by atoms with Crippen LogP contribution in [0.5, 0.6) is 11.5 Å². The normalized spacial score (nSPS) is 19.2. The van der Waals surface area contributed by atoms with Crippen molar-refractivity contribution < 1.29 is 43.9 Å². The molecule has 0 amide bonds. The molecule has 9 heteroatoms. The zero-order valence-electron chi connectivity index (χ0n) is 38.6. The predicted octanol–water partition coefficient (Wildman–Crippen LogP) is 12.8. The van der Waals surface area contributed by atoms with E-state index < -0.39 is 30.5 Å². The molecule has 1 aromatic rings. The average Bonchev–Trinajstić information content (AvgIpc) is 3.50. The zero-order chi connectivity index (χ0) is 43.6. The first-order valence-corrected chi connectivity index (χ1v) is 24.5. The van der Waals surface area contributed by atoms with Crippen LogP contribution in [0.1, 0.15) is 214 Å². The Morgan fingerprint density at radius 1 is 0.767 bits per heavy atom. The van der Waals surface area contributed by atoms with Gasteiger partial charge < -0.3 is 34.3 Å². The van der Waals surface area contributed by atoms with Gasteiger partial charge in [0.15, 0.2) is 11.9 Å². The van der Waals surface area contributed by atoms with Gasteiger partial charge in [0.05, 0.1) is 13.2 Å². The average molecular weight is 843 g/mol. The number of aliphatic hydroxyl groups is 3. The first-order valence-electron chi connectivity index (χ1n) is 24.5. The maximum absolute atomic E-state index is 12.6. The summed E-state index contributed by atoms with van der Waals surface area (Å²) in [6.07, 6.45) is 30.2. The Hall–Kier alpha value is -2.78. The molecule has 9 nitrogen and oxygen atoms in total. The van der Waals surface area contributed by atoms with Gasteiger partial charge in [-0.3, -0.25) is 4.79 Å². The number of unbranched alkanes of at least 4 members (excludes halogenated alkanes) is 15. The van der Waals surface area contributed by atoms with E-state index in [0.29, 0.717) is 18.8 Å². The molecule has 5 atom stereocenters. The van der Waals surface area contributed by atoms with Crippen LogP contribution >= 0.6 is 0 Å². The van der Waals surface area contributed by atoms with Crippen LogP contribution in [0.2, 0.25) is 0 Å². The third-order valence-electron chi connectivity index (χ3n) is 12.8. The van der Waals surface area contributed by atoms with Crippen molar-refractivity contribution in [2.45, 2.75) is 232 Å². The highest BCUT2D eigenvalue weighted by Crippen LogP contribution is 2.38. The molecular weight excluding hydrogens is 757 g/mol. The third kappa shape index (κ3) is 20.9. The van der Waals surface area contributed by atoms with Gasteiger partial charge in [-0.05, 0) is 87.0 Å². The fourth-order valence-corrected chi connectivity index (χ4v) is 8.76. The third-order valence-corrected chi connectivity index (χ3v) is 12.8. The summed E-state index contributed by atoms with van der Waals surface area (Å²) in [7, 11) is 0. The molecule has 0 saturated heterocycles. The topological polar surface area (TPSA) is 132 Å². The number of fused-ring (bicyclic) bond motifs is 1. The second-order valence-corrected chi connectivity index (χ2v) is 19.2. The van der Waals surface area contributed by atoms with Gasteiger partial charge >= 0.3 is 11.9 Å². The minimum atomic E-state index is -1.36. The van der Waals surface area contributed by atoms with Crippen molar-refractivity contribution in [3.8, 4) is 11.5 Å². The standard InChI is InChI=1S/C51H86O9/c1-39(2)25-22-26-40(3)27-23-28-41(4)29-24-34-51(5)35-33-42-37-43(31-32-45(42)60-51)58-46(54)30-20-18-16-14-12-10-8-6-7-9-11-13-15-17-19-21-36-57-49-47(55)48(44(53)38-52)59-50(49)56/h31-32,37,39-41,44,48,52-53,55H,6-30,33-36,38H2,1-5H3/t40-,41-,44?,48-,51-/m1/s1. The van der Waals surface area contributed by atoms with Crippen molar-refractivity contribution in [1.29, 1.82) is 0 Å². The predicted molar refractivity (Wildman–Crippen MR) is 241 cm³/mol. The second kappa shape index (κ2) is 29.5. The summed E-state index contributed by atoms with van der Waals surface area (Å²) < 4.78 is 22.5. The number of benzene rings is 1. The molecular formula is C51H86O9. The van der Waals surface area contributed by atoms with E-state index in [9.17, 15) is 19.8 Å². The molecule has 0 aliphatic carbocycles. The molecule has 3 N–H and O–H groups in total. The molecule has 1 unspecified atom stereocenters. The van der Waals surface area contributed by atoms with E-state index in [0.717, 1.165) is 80.4 Å². The Morgan fingerprint density at radius 2 is 1.30 bits per heavy atom. The van der Waals surface area contributed by atoms with Gasteiger partial charge in [-0.25, -0.2) is 4.79 Å². The molecule has 2 heterocycles.